The lowest BCUT2D eigenvalue weighted by atomic mass is 10.1. The van der Waals surface area contributed by atoms with Gasteiger partial charge >= 0.3 is 6.18 Å². The Balaban J connectivity index is 1.59. The van der Waals surface area contributed by atoms with Gasteiger partial charge in [-0.15, -0.1) is 0 Å². The van der Waals surface area contributed by atoms with E-state index >= 15 is 0 Å². The fraction of sp³-hybridized carbons (Fsp3) is 0.115. The fourth-order valence-electron chi connectivity index (χ4n) is 3.68. The van der Waals surface area contributed by atoms with Crippen LogP contribution in [0.3, 0.4) is 0 Å². The van der Waals surface area contributed by atoms with Crippen LogP contribution in [0, 0.1) is 6.92 Å². The number of aromatic nitrogens is 1. The monoisotopic (exact) mass is 478 g/mol. The lowest BCUT2D eigenvalue weighted by Crippen LogP contribution is -2.33. The number of aryl methyl sites for hydroxylation is 1. The van der Waals surface area contributed by atoms with Crippen molar-refractivity contribution in [3.63, 3.8) is 0 Å². The van der Waals surface area contributed by atoms with Gasteiger partial charge in [0.25, 0.3) is 11.8 Å². The SMILES string of the molecule is Cc1ccc(NC(=O)c2cccc(C(F)(F)F)c2)cc1NC(=O)C1=c2ccnc(N)c2=CC=CC1. The molecule has 6 nitrogen and oxygen atoms in total. The number of carbonyl (C=O) groups is 2. The minimum atomic E-state index is -4.56. The topological polar surface area (TPSA) is 97.1 Å². The van der Waals surface area contributed by atoms with E-state index in [1.165, 1.54) is 18.3 Å². The molecule has 2 aromatic carbocycles. The number of fused-ring (bicyclic) bond motifs is 1. The molecule has 1 aliphatic rings. The highest BCUT2D eigenvalue weighted by atomic mass is 19.4. The number of allylic oxidation sites excluding steroid dienone is 2. The maximum absolute atomic E-state index is 13.2. The lowest BCUT2D eigenvalue weighted by Gasteiger charge is -2.13. The molecule has 4 N–H and O–H groups in total. The summed E-state index contributed by atoms with van der Waals surface area (Å²) in [6.07, 6.45) is 2.81. The number of nitrogens with two attached hydrogens (primary N) is 1. The number of pyridine rings is 1. The Bertz CT molecular complexity index is 1480. The molecule has 0 bridgehead atoms. The number of hydrogen-bond donors (Lipinski definition) is 3. The van der Waals surface area contributed by atoms with E-state index < -0.39 is 17.6 Å². The predicted octanol–water partition coefficient (Wildman–Crippen LogP) is 3.77. The fourth-order valence-corrected chi connectivity index (χ4v) is 3.68. The summed E-state index contributed by atoms with van der Waals surface area (Å²) < 4.78 is 38.9. The maximum Gasteiger partial charge on any atom is 0.416 e. The van der Waals surface area contributed by atoms with Crippen molar-refractivity contribution < 1.29 is 22.8 Å². The summed E-state index contributed by atoms with van der Waals surface area (Å²) in [7, 11) is 0. The van der Waals surface area contributed by atoms with Crippen LogP contribution in [0.15, 0.2) is 66.9 Å². The summed E-state index contributed by atoms with van der Waals surface area (Å²) >= 11 is 0. The van der Waals surface area contributed by atoms with Gasteiger partial charge in [0.15, 0.2) is 0 Å². The van der Waals surface area contributed by atoms with Gasteiger partial charge in [0.2, 0.25) is 0 Å². The Morgan fingerprint density at radius 1 is 1.03 bits per heavy atom. The van der Waals surface area contributed by atoms with E-state index in [-0.39, 0.29) is 11.5 Å². The highest BCUT2D eigenvalue weighted by Gasteiger charge is 2.30. The van der Waals surface area contributed by atoms with Crippen molar-refractivity contribution in [1.29, 1.82) is 0 Å². The van der Waals surface area contributed by atoms with Crippen molar-refractivity contribution >= 4 is 40.7 Å². The minimum Gasteiger partial charge on any atom is -0.383 e. The van der Waals surface area contributed by atoms with Crippen LogP contribution in [0.2, 0.25) is 0 Å². The van der Waals surface area contributed by atoms with Gasteiger partial charge in [0.1, 0.15) is 5.82 Å². The molecule has 2 amide bonds. The number of nitrogen functional groups attached to an aromatic ring is 1. The molecule has 0 unspecified atom stereocenters. The number of halogens is 3. The Kier molecular flexibility index (Phi) is 6.42. The zero-order valence-electron chi connectivity index (χ0n) is 18.6. The molecule has 9 heteroatoms. The summed E-state index contributed by atoms with van der Waals surface area (Å²) in [6.45, 7) is 1.79. The molecule has 0 saturated carbocycles. The number of nitrogens with zero attached hydrogens (tertiary/aromatic N) is 1. The molecule has 178 valence electrons. The van der Waals surface area contributed by atoms with Crippen molar-refractivity contribution in [1.82, 2.24) is 4.98 Å². The number of rotatable bonds is 4. The molecule has 1 heterocycles. The van der Waals surface area contributed by atoms with Crippen molar-refractivity contribution in [2.24, 2.45) is 0 Å². The molecule has 0 spiro atoms. The molecule has 35 heavy (non-hydrogen) atoms. The van der Waals surface area contributed by atoms with Gasteiger partial charge in [0.05, 0.1) is 5.56 Å². The van der Waals surface area contributed by atoms with E-state index in [0.29, 0.717) is 39.6 Å². The quantitative estimate of drug-likeness (QED) is 0.532. The normalized spacial score (nSPS) is 12.9. The first-order valence-corrected chi connectivity index (χ1v) is 10.6. The molecular weight excluding hydrogens is 457 g/mol. The number of benzene rings is 2. The summed E-state index contributed by atoms with van der Waals surface area (Å²) in [5.74, 6) is -0.732. The number of nitrogens with one attached hydrogen (secondary N) is 2. The summed E-state index contributed by atoms with van der Waals surface area (Å²) in [6, 6.07) is 10.7. The van der Waals surface area contributed by atoms with Crippen LogP contribution < -0.4 is 26.8 Å². The van der Waals surface area contributed by atoms with Crippen LogP contribution in [0.4, 0.5) is 30.4 Å². The highest BCUT2D eigenvalue weighted by molar-refractivity contribution is 6.21. The molecule has 0 fully saturated rings. The molecule has 0 radical (unpaired) electrons. The zero-order valence-corrected chi connectivity index (χ0v) is 18.6. The van der Waals surface area contributed by atoms with Crippen molar-refractivity contribution in [2.45, 2.75) is 19.5 Å². The molecule has 3 aromatic rings. The van der Waals surface area contributed by atoms with E-state index in [0.717, 1.165) is 17.7 Å². The van der Waals surface area contributed by atoms with Gasteiger partial charge in [-0.25, -0.2) is 4.98 Å². The third-order valence-electron chi connectivity index (χ3n) is 5.54. The highest BCUT2D eigenvalue weighted by Crippen LogP contribution is 2.30. The largest absolute Gasteiger partial charge is 0.416 e. The Hall–Kier alpha value is -4.40. The number of anilines is 3. The second-order valence-corrected chi connectivity index (χ2v) is 7.95. The summed E-state index contributed by atoms with van der Waals surface area (Å²) in [4.78, 5) is 29.8. The van der Waals surface area contributed by atoms with Gasteiger partial charge in [0, 0.05) is 33.9 Å². The minimum absolute atomic E-state index is 0.133. The smallest absolute Gasteiger partial charge is 0.383 e. The predicted molar refractivity (Wildman–Crippen MR) is 129 cm³/mol. The van der Waals surface area contributed by atoms with Crippen LogP contribution in [0.25, 0.3) is 11.6 Å². The van der Waals surface area contributed by atoms with Crippen molar-refractivity contribution in [3.8, 4) is 0 Å². The second-order valence-electron chi connectivity index (χ2n) is 7.95. The molecule has 0 atom stereocenters. The number of amides is 2. The van der Waals surface area contributed by atoms with Crippen LogP contribution in [0.1, 0.15) is 27.9 Å². The average molecular weight is 478 g/mol. The number of carbonyl (C=O) groups excluding carboxylic acids is 2. The third-order valence-corrected chi connectivity index (χ3v) is 5.54. The van der Waals surface area contributed by atoms with Gasteiger partial charge < -0.3 is 16.4 Å². The molecule has 1 aliphatic carbocycles. The van der Waals surface area contributed by atoms with E-state index in [1.54, 1.807) is 37.3 Å². The van der Waals surface area contributed by atoms with Gasteiger partial charge in [-0.2, -0.15) is 13.2 Å². The lowest BCUT2D eigenvalue weighted by molar-refractivity contribution is -0.137. The van der Waals surface area contributed by atoms with Crippen LogP contribution in [0.5, 0.6) is 0 Å². The average Bonchev–Trinajstić information content (AvgIpc) is 3.04. The van der Waals surface area contributed by atoms with E-state index in [9.17, 15) is 22.8 Å². The number of hydrogen-bond acceptors (Lipinski definition) is 4. The first-order chi connectivity index (χ1) is 16.6. The molecule has 1 aromatic heterocycles. The Morgan fingerprint density at radius 2 is 1.83 bits per heavy atom. The van der Waals surface area contributed by atoms with Crippen LogP contribution in [-0.4, -0.2) is 16.8 Å². The van der Waals surface area contributed by atoms with E-state index in [2.05, 4.69) is 15.6 Å². The van der Waals surface area contributed by atoms with Gasteiger partial charge in [-0.1, -0.05) is 30.4 Å². The second kappa shape index (κ2) is 9.46. The summed E-state index contributed by atoms with van der Waals surface area (Å²) in [5.41, 5.74) is 6.93. The first-order valence-electron chi connectivity index (χ1n) is 10.6. The van der Waals surface area contributed by atoms with Gasteiger partial charge in [-0.05, 0) is 60.5 Å². The van der Waals surface area contributed by atoms with E-state index in [1.807, 2.05) is 12.2 Å². The molecule has 4 rings (SSSR count). The van der Waals surface area contributed by atoms with E-state index in [4.69, 9.17) is 5.73 Å². The van der Waals surface area contributed by atoms with Crippen LogP contribution >= 0.6 is 0 Å². The maximum atomic E-state index is 13.2. The standard InChI is InChI=1S/C26H21F3N4O2/c1-15-9-10-18(32-24(34)16-5-4-6-17(13-16)26(27,28)29)14-22(15)33-25(35)21-8-3-2-7-20-19(21)11-12-31-23(20)30/h2-7,9-14H,8H2,1H3,(H2,30,31)(H,32,34)(H,33,35). The Morgan fingerprint density at radius 3 is 2.60 bits per heavy atom. The van der Waals surface area contributed by atoms with Gasteiger partial charge in [-0.3, -0.25) is 9.59 Å². The molecule has 0 saturated heterocycles. The zero-order chi connectivity index (χ0) is 25.2. The summed E-state index contributed by atoms with van der Waals surface area (Å²) in [5, 5.41) is 6.78. The first kappa shape index (κ1) is 23.7. The number of alkyl halides is 3. The molecule has 0 aliphatic heterocycles. The van der Waals surface area contributed by atoms with Crippen LogP contribution in [-0.2, 0) is 11.0 Å². The molecular formula is C26H21F3N4O2. The third kappa shape index (κ3) is 5.24. The van der Waals surface area contributed by atoms with Crippen molar-refractivity contribution in [2.75, 3.05) is 16.4 Å². The van der Waals surface area contributed by atoms with Crippen molar-refractivity contribution in [3.05, 3.63) is 94.0 Å². The Labute approximate surface area is 198 Å².